The molecule has 2 aromatic rings. The summed E-state index contributed by atoms with van der Waals surface area (Å²) in [5.41, 5.74) is 6.01. The number of thioether (sulfide) groups is 1. The summed E-state index contributed by atoms with van der Waals surface area (Å²) in [6, 6.07) is 6.91. The number of rotatable bonds is 6. The summed E-state index contributed by atoms with van der Waals surface area (Å²) < 4.78 is 0. The van der Waals surface area contributed by atoms with Gasteiger partial charge in [0.15, 0.2) is 5.03 Å². The standard InChI is InChI=1S/C14H15N5O3S/c1-8(2)16-17-11(20)10-5-3-9(4-6-10)7-23-13-12(21)15-14(22)19-18-13/h3-6,16H,1,7H2,2H3,(H,17,20)(H2,15,19,21,22). The first kappa shape index (κ1) is 16.6. The average molecular weight is 333 g/mol. The lowest BCUT2D eigenvalue weighted by atomic mass is 10.1. The van der Waals surface area contributed by atoms with Crippen molar-refractivity contribution in [1.29, 1.82) is 0 Å². The Kier molecular flexibility index (Phi) is 5.36. The van der Waals surface area contributed by atoms with Gasteiger partial charge in [-0.25, -0.2) is 9.89 Å². The molecular formula is C14H15N5O3S. The topological polar surface area (TPSA) is 120 Å². The summed E-state index contributed by atoms with van der Waals surface area (Å²) in [5, 5.41) is 6.03. The van der Waals surface area contributed by atoms with Crippen LogP contribution in [-0.4, -0.2) is 21.1 Å². The van der Waals surface area contributed by atoms with Crippen LogP contribution in [0.25, 0.3) is 0 Å². The molecule has 0 bridgehead atoms. The number of carbonyl (C=O) groups excluding carboxylic acids is 1. The molecule has 0 unspecified atom stereocenters. The zero-order valence-corrected chi connectivity index (χ0v) is 13.1. The highest BCUT2D eigenvalue weighted by molar-refractivity contribution is 7.98. The van der Waals surface area contributed by atoms with Gasteiger partial charge in [0.2, 0.25) is 0 Å². The van der Waals surface area contributed by atoms with E-state index >= 15 is 0 Å². The van der Waals surface area contributed by atoms with Crippen LogP contribution in [0.5, 0.6) is 0 Å². The van der Waals surface area contributed by atoms with Crippen LogP contribution in [0, 0.1) is 0 Å². The number of allylic oxidation sites excluding steroid dienone is 1. The van der Waals surface area contributed by atoms with Crippen LogP contribution in [0.3, 0.4) is 0 Å². The van der Waals surface area contributed by atoms with Crippen LogP contribution in [0.1, 0.15) is 22.8 Å². The fourth-order valence-corrected chi connectivity index (χ4v) is 2.36. The third-order valence-corrected chi connectivity index (χ3v) is 3.69. The van der Waals surface area contributed by atoms with Crippen LogP contribution in [-0.2, 0) is 5.75 Å². The maximum absolute atomic E-state index is 11.8. The molecule has 0 radical (unpaired) electrons. The maximum Gasteiger partial charge on any atom is 0.342 e. The molecule has 0 saturated heterocycles. The first-order chi connectivity index (χ1) is 11.0. The SMILES string of the molecule is C=C(C)NNC(=O)c1ccc(CSc2n[nH]c(=O)[nH]c2=O)cc1. The van der Waals surface area contributed by atoms with E-state index in [-0.39, 0.29) is 10.9 Å². The number of nitrogens with one attached hydrogen (secondary N) is 4. The van der Waals surface area contributed by atoms with Crippen molar-refractivity contribution in [2.45, 2.75) is 17.7 Å². The molecule has 0 aliphatic heterocycles. The van der Waals surface area contributed by atoms with Crippen molar-refractivity contribution in [2.75, 3.05) is 0 Å². The smallest absolute Gasteiger partial charge is 0.303 e. The predicted molar refractivity (Wildman–Crippen MR) is 86.9 cm³/mol. The van der Waals surface area contributed by atoms with Gasteiger partial charge in [-0.15, -0.1) is 0 Å². The van der Waals surface area contributed by atoms with Gasteiger partial charge in [0.1, 0.15) is 0 Å². The van der Waals surface area contributed by atoms with Crippen molar-refractivity contribution in [2.24, 2.45) is 0 Å². The van der Waals surface area contributed by atoms with E-state index in [0.717, 1.165) is 5.56 Å². The van der Waals surface area contributed by atoms with Crippen molar-refractivity contribution in [3.05, 3.63) is 68.5 Å². The van der Waals surface area contributed by atoms with E-state index in [0.29, 0.717) is 17.0 Å². The van der Waals surface area contributed by atoms with Gasteiger partial charge in [-0.1, -0.05) is 30.5 Å². The van der Waals surface area contributed by atoms with Gasteiger partial charge in [0.25, 0.3) is 11.5 Å². The molecule has 8 nitrogen and oxygen atoms in total. The van der Waals surface area contributed by atoms with Gasteiger partial charge in [0.05, 0.1) is 0 Å². The van der Waals surface area contributed by atoms with E-state index in [1.807, 2.05) is 0 Å². The molecule has 0 fully saturated rings. The zero-order valence-electron chi connectivity index (χ0n) is 12.3. The molecule has 1 amide bonds. The van der Waals surface area contributed by atoms with E-state index in [9.17, 15) is 14.4 Å². The highest BCUT2D eigenvalue weighted by atomic mass is 32.2. The highest BCUT2D eigenvalue weighted by Gasteiger charge is 2.06. The molecular weight excluding hydrogens is 318 g/mol. The van der Waals surface area contributed by atoms with E-state index in [4.69, 9.17) is 0 Å². The zero-order chi connectivity index (χ0) is 16.8. The van der Waals surface area contributed by atoms with Crippen LogP contribution in [0.4, 0.5) is 0 Å². The Labute approximate surface area is 135 Å². The predicted octanol–water partition coefficient (Wildman–Crippen LogP) is 0.518. The Morgan fingerprint density at radius 2 is 1.96 bits per heavy atom. The summed E-state index contributed by atoms with van der Waals surface area (Å²) in [6.07, 6.45) is 0. The summed E-state index contributed by atoms with van der Waals surface area (Å²) in [7, 11) is 0. The molecule has 9 heteroatoms. The molecule has 2 rings (SSSR count). The molecule has 0 aliphatic rings. The third kappa shape index (κ3) is 4.85. The first-order valence-corrected chi connectivity index (χ1v) is 7.57. The summed E-state index contributed by atoms with van der Waals surface area (Å²) in [6.45, 7) is 5.35. The van der Waals surface area contributed by atoms with Gasteiger partial charge in [-0.05, 0) is 24.6 Å². The Bertz CT molecular complexity index is 825. The van der Waals surface area contributed by atoms with Crippen LogP contribution >= 0.6 is 11.8 Å². The van der Waals surface area contributed by atoms with Crippen molar-refractivity contribution in [3.8, 4) is 0 Å². The van der Waals surface area contributed by atoms with E-state index in [2.05, 4.69) is 32.6 Å². The van der Waals surface area contributed by atoms with Crippen molar-refractivity contribution >= 4 is 17.7 Å². The fraction of sp³-hybridized carbons (Fsp3) is 0.143. The average Bonchev–Trinajstić information content (AvgIpc) is 2.52. The van der Waals surface area contributed by atoms with E-state index in [1.54, 1.807) is 31.2 Å². The number of hydrogen-bond acceptors (Lipinski definition) is 6. The molecule has 1 aromatic heterocycles. The normalized spacial score (nSPS) is 10.1. The summed E-state index contributed by atoms with van der Waals surface area (Å²) >= 11 is 1.19. The summed E-state index contributed by atoms with van der Waals surface area (Å²) in [4.78, 5) is 36.3. The molecule has 23 heavy (non-hydrogen) atoms. The number of H-pyrrole nitrogens is 2. The quantitative estimate of drug-likeness (QED) is 0.452. The molecule has 0 aliphatic carbocycles. The number of nitrogens with zero attached hydrogens (tertiary/aromatic N) is 1. The molecule has 1 aromatic carbocycles. The van der Waals surface area contributed by atoms with Crippen LogP contribution in [0.15, 0.2) is 51.2 Å². The Hall–Kier alpha value is -2.81. The first-order valence-electron chi connectivity index (χ1n) is 6.58. The van der Waals surface area contributed by atoms with Gasteiger partial charge in [-0.3, -0.25) is 20.0 Å². The minimum atomic E-state index is -0.641. The van der Waals surface area contributed by atoms with Crippen molar-refractivity contribution in [1.82, 2.24) is 26.0 Å². The second kappa shape index (κ2) is 7.45. The van der Waals surface area contributed by atoms with Crippen LogP contribution in [0.2, 0.25) is 0 Å². The van der Waals surface area contributed by atoms with Crippen molar-refractivity contribution < 1.29 is 4.79 Å². The summed E-state index contributed by atoms with van der Waals surface area (Å²) in [5.74, 6) is 0.208. The third-order valence-electron chi connectivity index (χ3n) is 2.66. The lowest BCUT2D eigenvalue weighted by Gasteiger charge is -2.08. The molecule has 0 saturated carbocycles. The Balaban J connectivity index is 1.97. The number of aromatic nitrogens is 3. The number of aromatic amines is 2. The largest absolute Gasteiger partial charge is 0.342 e. The highest BCUT2D eigenvalue weighted by Crippen LogP contribution is 2.17. The molecule has 0 atom stereocenters. The van der Waals surface area contributed by atoms with Gasteiger partial charge in [0, 0.05) is 17.0 Å². The lowest BCUT2D eigenvalue weighted by molar-refractivity contribution is 0.0939. The molecule has 120 valence electrons. The van der Waals surface area contributed by atoms with Gasteiger partial charge in [-0.2, -0.15) is 5.10 Å². The van der Waals surface area contributed by atoms with Crippen molar-refractivity contribution in [3.63, 3.8) is 0 Å². The number of hydrazine groups is 1. The number of amides is 1. The van der Waals surface area contributed by atoms with Gasteiger partial charge >= 0.3 is 5.69 Å². The number of carbonyl (C=O) groups is 1. The Morgan fingerprint density at radius 3 is 2.57 bits per heavy atom. The number of hydrogen-bond donors (Lipinski definition) is 4. The van der Waals surface area contributed by atoms with E-state index < -0.39 is 11.2 Å². The monoisotopic (exact) mass is 333 g/mol. The van der Waals surface area contributed by atoms with Crippen LogP contribution < -0.4 is 22.1 Å². The second-order valence-electron chi connectivity index (χ2n) is 4.66. The lowest BCUT2D eigenvalue weighted by Crippen LogP contribution is -2.35. The maximum atomic E-state index is 11.8. The second-order valence-corrected chi connectivity index (χ2v) is 5.62. The molecule has 4 N–H and O–H groups in total. The minimum Gasteiger partial charge on any atom is -0.303 e. The molecule has 0 spiro atoms. The number of benzene rings is 1. The van der Waals surface area contributed by atoms with Gasteiger partial charge < -0.3 is 5.43 Å². The minimum absolute atomic E-state index is 0.178. The fourth-order valence-electron chi connectivity index (χ4n) is 1.57. The van der Waals surface area contributed by atoms with E-state index in [1.165, 1.54) is 11.8 Å². The Morgan fingerprint density at radius 1 is 1.26 bits per heavy atom. The molecule has 1 heterocycles.